The van der Waals surface area contributed by atoms with Gasteiger partial charge in [-0.2, -0.15) is 9.97 Å². The van der Waals surface area contributed by atoms with Crippen LogP contribution in [0.2, 0.25) is 0 Å². The van der Waals surface area contributed by atoms with Gasteiger partial charge < -0.3 is 20.3 Å². The van der Waals surface area contributed by atoms with Crippen molar-refractivity contribution >= 4 is 30.6 Å². The fraction of sp³-hybridized carbons (Fsp3) is 0.571. The lowest BCUT2D eigenvalue weighted by molar-refractivity contribution is -0.120. The van der Waals surface area contributed by atoms with Crippen LogP contribution in [-0.4, -0.2) is 67.4 Å². The molecule has 1 aromatic carbocycles. The second kappa shape index (κ2) is 14.6. The summed E-state index contributed by atoms with van der Waals surface area (Å²) in [6.07, 6.45) is -1.23. The van der Waals surface area contributed by atoms with Crippen molar-refractivity contribution in [2.24, 2.45) is 5.11 Å². The van der Waals surface area contributed by atoms with Crippen LogP contribution < -0.4 is 15.6 Å². The molecule has 3 aromatic rings. The van der Waals surface area contributed by atoms with E-state index in [1.54, 1.807) is 20.8 Å². The molecule has 4 rings (SSSR count). The second-order valence-corrected chi connectivity index (χ2v) is 12.6. The SMILES string of the molecule is CCCCC(=O)[C@H](C)NP(=O)(OC[C@H]1O[C@@H](n2cnc3c(OCC)nc(N)nc32)[C@](C)(N=[N+]=[N-])[C@@H]1O)OC(C)c1ccccc1. The zero-order valence-corrected chi connectivity index (χ0v) is 26.8. The summed E-state index contributed by atoms with van der Waals surface area (Å²) >= 11 is 0. The Morgan fingerprint density at radius 2 is 2.04 bits per heavy atom. The molecule has 2 unspecified atom stereocenters. The number of ketones is 1. The molecule has 45 heavy (non-hydrogen) atoms. The van der Waals surface area contributed by atoms with Gasteiger partial charge in [-0.15, -0.1) is 0 Å². The van der Waals surface area contributed by atoms with Crippen LogP contribution in [0.4, 0.5) is 5.95 Å². The molecular weight excluding hydrogens is 605 g/mol. The topological polar surface area (TPSA) is 222 Å². The first-order valence-corrected chi connectivity index (χ1v) is 16.3. The third kappa shape index (κ3) is 7.61. The Labute approximate surface area is 260 Å². The average Bonchev–Trinajstić information content (AvgIpc) is 3.53. The average molecular weight is 646 g/mol. The van der Waals surface area contributed by atoms with Crippen molar-refractivity contribution in [1.29, 1.82) is 0 Å². The molecule has 3 heterocycles. The largest absolute Gasteiger partial charge is 0.476 e. The van der Waals surface area contributed by atoms with Crippen LogP contribution in [0.5, 0.6) is 5.88 Å². The lowest BCUT2D eigenvalue weighted by Crippen LogP contribution is -2.43. The molecule has 0 amide bonds. The first-order valence-electron chi connectivity index (χ1n) is 14.8. The highest BCUT2D eigenvalue weighted by atomic mass is 31.2. The summed E-state index contributed by atoms with van der Waals surface area (Å²) < 4.78 is 39.2. The van der Waals surface area contributed by atoms with E-state index in [4.69, 9.17) is 24.3 Å². The summed E-state index contributed by atoms with van der Waals surface area (Å²) in [5.41, 5.74) is 15.0. The van der Waals surface area contributed by atoms with Gasteiger partial charge in [0, 0.05) is 11.3 Å². The number of unbranched alkanes of at least 4 members (excludes halogenated alkanes) is 1. The van der Waals surface area contributed by atoms with Gasteiger partial charge in [-0.05, 0) is 45.2 Å². The molecular formula is C28H40N9O7P. The monoisotopic (exact) mass is 645 g/mol. The van der Waals surface area contributed by atoms with Gasteiger partial charge in [-0.25, -0.2) is 14.6 Å². The molecule has 1 saturated heterocycles. The van der Waals surface area contributed by atoms with Crippen LogP contribution >= 0.6 is 7.75 Å². The van der Waals surface area contributed by atoms with E-state index >= 15 is 0 Å². The Balaban J connectivity index is 1.62. The Kier molecular flexibility index (Phi) is 11.2. The normalized spacial score (nSPS) is 24.1. The maximum atomic E-state index is 14.2. The van der Waals surface area contributed by atoms with Gasteiger partial charge in [0.1, 0.15) is 17.4 Å². The minimum atomic E-state index is -4.20. The number of ether oxygens (including phenoxy) is 2. The number of carbonyl (C=O) groups is 1. The number of aliphatic hydroxyl groups is 1. The van der Waals surface area contributed by atoms with Crippen LogP contribution in [-0.2, 0) is 23.1 Å². The molecule has 1 aliphatic heterocycles. The summed E-state index contributed by atoms with van der Waals surface area (Å²) in [6.45, 7) is 8.40. The predicted molar refractivity (Wildman–Crippen MR) is 165 cm³/mol. The maximum Gasteiger partial charge on any atom is 0.406 e. The lowest BCUT2D eigenvalue weighted by Gasteiger charge is -2.28. The van der Waals surface area contributed by atoms with E-state index < -0.39 is 50.5 Å². The smallest absolute Gasteiger partial charge is 0.406 e. The number of aliphatic hydroxyl groups excluding tert-OH is 1. The first kappa shape index (κ1) is 34.3. The summed E-state index contributed by atoms with van der Waals surface area (Å²) in [5.74, 6) is -0.0812. The molecule has 4 N–H and O–H groups in total. The van der Waals surface area contributed by atoms with E-state index in [1.807, 2.05) is 37.3 Å². The van der Waals surface area contributed by atoms with Gasteiger partial charge in [-0.1, -0.05) is 48.8 Å². The summed E-state index contributed by atoms with van der Waals surface area (Å²) in [5, 5.41) is 18.0. The molecule has 0 bridgehead atoms. The van der Waals surface area contributed by atoms with Crippen LogP contribution in [0.25, 0.3) is 21.6 Å². The number of Topliss-reactive ketones (excluding diaryl/α,β-unsaturated/α-hetero) is 1. The highest BCUT2D eigenvalue weighted by Crippen LogP contribution is 2.51. The molecule has 16 nitrogen and oxygen atoms in total. The van der Waals surface area contributed by atoms with Gasteiger partial charge in [0.25, 0.3) is 0 Å². The van der Waals surface area contributed by atoms with E-state index in [2.05, 4.69) is 30.1 Å². The Morgan fingerprint density at radius 3 is 2.71 bits per heavy atom. The highest BCUT2D eigenvalue weighted by Gasteiger charge is 2.55. The van der Waals surface area contributed by atoms with Crippen molar-refractivity contribution in [2.45, 2.75) is 90.0 Å². The zero-order valence-electron chi connectivity index (χ0n) is 25.9. The number of azide groups is 1. The molecule has 0 saturated carbocycles. The van der Waals surface area contributed by atoms with E-state index in [0.29, 0.717) is 19.4 Å². The minimum absolute atomic E-state index is 0.0871. The van der Waals surface area contributed by atoms with Gasteiger partial charge >= 0.3 is 7.75 Å². The number of aromatic nitrogens is 4. The number of benzene rings is 1. The fourth-order valence-electron chi connectivity index (χ4n) is 5.04. The van der Waals surface area contributed by atoms with E-state index in [1.165, 1.54) is 17.8 Å². The number of hydrogen-bond acceptors (Lipinski definition) is 12. The third-order valence-electron chi connectivity index (χ3n) is 7.54. The molecule has 0 aliphatic carbocycles. The fourth-order valence-corrected chi connectivity index (χ4v) is 6.73. The van der Waals surface area contributed by atoms with Crippen LogP contribution in [0.1, 0.15) is 71.8 Å². The molecule has 2 aromatic heterocycles. The number of fused-ring (bicyclic) bond motifs is 1. The highest BCUT2D eigenvalue weighted by molar-refractivity contribution is 7.51. The van der Waals surface area contributed by atoms with Crippen molar-refractivity contribution in [2.75, 3.05) is 18.9 Å². The van der Waals surface area contributed by atoms with Crippen molar-refractivity contribution < 1.29 is 33.0 Å². The molecule has 0 radical (unpaired) electrons. The maximum absolute atomic E-state index is 14.2. The second-order valence-electron chi connectivity index (χ2n) is 10.9. The zero-order chi connectivity index (χ0) is 32.8. The van der Waals surface area contributed by atoms with Crippen LogP contribution in [0.15, 0.2) is 41.8 Å². The molecule has 244 valence electrons. The number of imidazole rings is 1. The van der Waals surface area contributed by atoms with Crippen molar-refractivity contribution in [3.8, 4) is 5.88 Å². The van der Waals surface area contributed by atoms with Gasteiger partial charge in [0.2, 0.25) is 11.8 Å². The number of nitrogens with one attached hydrogen (secondary N) is 1. The van der Waals surface area contributed by atoms with Gasteiger partial charge in [0.05, 0.1) is 37.8 Å². The van der Waals surface area contributed by atoms with E-state index in [-0.39, 0.29) is 28.8 Å². The van der Waals surface area contributed by atoms with Gasteiger partial charge in [0.15, 0.2) is 17.4 Å². The number of rotatable bonds is 16. The number of carbonyl (C=O) groups excluding carboxylic acids is 1. The van der Waals surface area contributed by atoms with E-state index in [9.17, 15) is 20.0 Å². The van der Waals surface area contributed by atoms with Crippen molar-refractivity contribution in [3.63, 3.8) is 0 Å². The Hall–Kier alpha value is -3.62. The summed E-state index contributed by atoms with van der Waals surface area (Å²) in [6, 6.07) is 8.26. The third-order valence-corrected chi connectivity index (χ3v) is 9.33. The minimum Gasteiger partial charge on any atom is -0.476 e. The number of nitrogens with two attached hydrogens (primary N) is 1. The molecule has 0 spiro atoms. The number of anilines is 1. The molecule has 1 fully saturated rings. The molecule has 17 heteroatoms. The molecule has 7 atom stereocenters. The standard InChI is InChI=1S/C28H40N9O7P/c1-6-8-14-20(38)17(3)34-45(40,44-18(4)19-12-10-9-11-13-19)42-15-21-23(39)28(5,35-36-30)26(43-21)37-16-31-22-24(37)32-27(29)33-25(22)41-7-2/h9-13,16-18,21,23,26,39H,6-8,14-15H2,1-5H3,(H,34,40)(H2,29,32,33)/t17-,18?,21+,23+,26+,28+,45?/m0/s1. The Morgan fingerprint density at radius 1 is 1.31 bits per heavy atom. The van der Waals surface area contributed by atoms with Crippen LogP contribution in [0.3, 0.4) is 0 Å². The molecule has 1 aliphatic rings. The van der Waals surface area contributed by atoms with E-state index in [0.717, 1.165) is 12.0 Å². The quantitative estimate of drug-likeness (QED) is 0.0829. The summed E-state index contributed by atoms with van der Waals surface area (Å²) in [4.78, 5) is 28.4. The van der Waals surface area contributed by atoms with Crippen LogP contribution in [0, 0.1) is 0 Å². The lowest BCUT2D eigenvalue weighted by atomic mass is 9.93. The number of hydrogen-bond donors (Lipinski definition) is 3. The predicted octanol–water partition coefficient (Wildman–Crippen LogP) is 4.77. The van der Waals surface area contributed by atoms with Crippen molar-refractivity contribution in [1.82, 2.24) is 24.6 Å². The first-order chi connectivity index (χ1) is 21.5. The van der Waals surface area contributed by atoms with Crippen molar-refractivity contribution in [3.05, 3.63) is 52.7 Å². The number of nitrogens with zero attached hydrogens (tertiary/aromatic N) is 7. The van der Waals surface area contributed by atoms with Gasteiger partial charge in [-0.3, -0.25) is 18.4 Å². The summed E-state index contributed by atoms with van der Waals surface area (Å²) in [7, 11) is -4.20. The Bertz CT molecular complexity index is 1570. The number of nitrogen functional groups attached to an aromatic ring is 1.